The second kappa shape index (κ2) is 8.53. The molecule has 0 bridgehead atoms. The van der Waals surface area contributed by atoms with Crippen molar-refractivity contribution in [3.8, 4) is 0 Å². The molecular formula is C18H25N5O3S. The highest BCUT2D eigenvalue weighted by Gasteiger charge is 2.28. The van der Waals surface area contributed by atoms with E-state index in [2.05, 4.69) is 51.6 Å². The van der Waals surface area contributed by atoms with Crippen LogP contribution in [0.2, 0.25) is 0 Å². The van der Waals surface area contributed by atoms with Crippen LogP contribution in [0.4, 0.5) is 0 Å². The Morgan fingerprint density at radius 3 is 2.48 bits per heavy atom. The standard InChI is InChI=1S/C18H25N5O3S/c1-15-3-5-16(6-4-15)13-20-18(19-2)22-8-10-23(11-9-22)27(24,25)14-17-7-12-26-21-17/h3-7,12H,8-11,13-14H2,1-2H3,(H,19,20). The van der Waals surface area contributed by atoms with Crippen LogP contribution in [0.25, 0.3) is 0 Å². The van der Waals surface area contributed by atoms with Crippen molar-refractivity contribution in [3.05, 3.63) is 53.4 Å². The number of aromatic nitrogens is 1. The number of hydrogen-bond acceptors (Lipinski definition) is 5. The summed E-state index contributed by atoms with van der Waals surface area (Å²) in [7, 11) is -1.66. The molecule has 3 rings (SSSR count). The molecule has 1 aromatic carbocycles. The van der Waals surface area contributed by atoms with Crippen LogP contribution in [0.15, 0.2) is 46.1 Å². The molecule has 0 aliphatic carbocycles. The Kier molecular flexibility index (Phi) is 6.12. The van der Waals surface area contributed by atoms with Crippen LogP contribution in [-0.2, 0) is 22.3 Å². The van der Waals surface area contributed by atoms with Crippen LogP contribution < -0.4 is 5.32 Å². The molecule has 1 N–H and O–H groups in total. The minimum Gasteiger partial charge on any atom is -0.364 e. The third kappa shape index (κ3) is 5.08. The number of guanidine groups is 1. The lowest BCUT2D eigenvalue weighted by Gasteiger charge is -2.35. The van der Waals surface area contributed by atoms with Crippen molar-refractivity contribution in [1.82, 2.24) is 19.7 Å². The summed E-state index contributed by atoms with van der Waals surface area (Å²) in [5.74, 6) is 0.647. The molecule has 9 heteroatoms. The fraction of sp³-hybridized carbons (Fsp3) is 0.444. The third-order valence-electron chi connectivity index (χ3n) is 4.54. The van der Waals surface area contributed by atoms with E-state index >= 15 is 0 Å². The van der Waals surface area contributed by atoms with Gasteiger partial charge in [0.15, 0.2) is 5.96 Å². The fourth-order valence-corrected chi connectivity index (χ4v) is 4.41. The van der Waals surface area contributed by atoms with Crippen molar-refractivity contribution in [2.45, 2.75) is 19.2 Å². The Bertz CT molecular complexity index is 855. The summed E-state index contributed by atoms with van der Waals surface area (Å²) < 4.78 is 31.3. The van der Waals surface area contributed by atoms with Gasteiger partial charge in [0.1, 0.15) is 12.0 Å². The molecule has 1 aromatic heterocycles. The molecule has 146 valence electrons. The lowest BCUT2D eigenvalue weighted by molar-refractivity contribution is 0.259. The number of aliphatic imine (C=N–C) groups is 1. The summed E-state index contributed by atoms with van der Waals surface area (Å²) in [6.07, 6.45) is 1.38. The summed E-state index contributed by atoms with van der Waals surface area (Å²) in [5.41, 5.74) is 2.83. The zero-order chi connectivity index (χ0) is 19.3. The van der Waals surface area contributed by atoms with Crippen molar-refractivity contribution in [3.63, 3.8) is 0 Å². The van der Waals surface area contributed by atoms with Gasteiger partial charge in [-0.05, 0) is 12.5 Å². The molecular weight excluding hydrogens is 366 g/mol. The minimum atomic E-state index is -3.40. The molecule has 27 heavy (non-hydrogen) atoms. The summed E-state index contributed by atoms with van der Waals surface area (Å²) in [6, 6.07) is 9.91. The molecule has 1 fully saturated rings. The predicted octanol–water partition coefficient (Wildman–Crippen LogP) is 1.21. The number of hydrogen-bond donors (Lipinski definition) is 1. The van der Waals surface area contributed by atoms with Gasteiger partial charge >= 0.3 is 0 Å². The lowest BCUT2D eigenvalue weighted by atomic mass is 10.1. The van der Waals surface area contributed by atoms with Crippen LogP contribution in [0.1, 0.15) is 16.8 Å². The molecule has 8 nitrogen and oxygen atoms in total. The fourth-order valence-electron chi connectivity index (χ4n) is 2.99. The van der Waals surface area contributed by atoms with Crippen molar-refractivity contribution in [2.24, 2.45) is 4.99 Å². The van der Waals surface area contributed by atoms with E-state index in [0.29, 0.717) is 38.4 Å². The number of nitrogens with one attached hydrogen (secondary N) is 1. The van der Waals surface area contributed by atoms with Crippen molar-refractivity contribution in [2.75, 3.05) is 33.2 Å². The largest absolute Gasteiger partial charge is 0.364 e. The summed E-state index contributed by atoms with van der Waals surface area (Å²) >= 11 is 0. The van der Waals surface area contributed by atoms with E-state index in [1.807, 2.05) is 0 Å². The average molecular weight is 391 g/mol. The SMILES string of the molecule is CN=C(NCc1ccc(C)cc1)N1CCN(S(=O)(=O)Cc2ccon2)CC1. The average Bonchev–Trinajstić information content (AvgIpc) is 3.16. The Morgan fingerprint density at radius 2 is 1.89 bits per heavy atom. The molecule has 0 spiro atoms. The molecule has 0 amide bonds. The first-order chi connectivity index (χ1) is 13.0. The molecule has 0 saturated carbocycles. The lowest BCUT2D eigenvalue weighted by Crippen LogP contribution is -2.53. The number of benzene rings is 1. The topological polar surface area (TPSA) is 91.0 Å². The van der Waals surface area contributed by atoms with Crippen LogP contribution >= 0.6 is 0 Å². The molecule has 0 unspecified atom stereocenters. The summed E-state index contributed by atoms with van der Waals surface area (Å²) in [5, 5.41) is 7.04. The first-order valence-corrected chi connectivity index (χ1v) is 10.5. The molecule has 1 aliphatic heterocycles. The molecule has 1 saturated heterocycles. The smallest absolute Gasteiger partial charge is 0.220 e. The number of nitrogens with zero attached hydrogens (tertiary/aromatic N) is 4. The van der Waals surface area contributed by atoms with Gasteiger partial charge in [0.05, 0.1) is 5.69 Å². The maximum absolute atomic E-state index is 12.5. The zero-order valence-electron chi connectivity index (χ0n) is 15.6. The monoisotopic (exact) mass is 391 g/mol. The van der Waals surface area contributed by atoms with E-state index in [1.54, 1.807) is 13.1 Å². The zero-order valence-corrected chi connectivity index (χ0v) is 16.4. The van der Waals surface area contributed by atoms with Crippen LogP contribution in [0.5, 0.6) is 0 Å². The second-order valence-corrected chi connectivity index (χ2v) is 8.49. The maximum Gasteiger partial charge on any atom is 0.220 e. The summed E-state index contributed by atoms with van der Waals surface area (Å²) in [6.45, 7) is 4.76. The van der Waals surface area contributed by atoms with Gasteiger partial charge in [-0.15, -0.1) is 0 Å². The number of rotatable bonds is 5. The van der Waals surface area contributed by atoms with Gasteiger partial charge < -0.3 is 14.7 Å². The molecule has 0 atom stereocenters. The highest BCUT2D eigenvalue weighted by atomic mass is 32.2. The number of sulfonamides is 1. The Morgan fingerprint density at radius 1 is 1.19 bits per heavy atom. The molecule has 2 aromatic rings. The van der Waals surface area contributed by atoms with E-state index in [1.165, 1.54) is 21.7 Å². The van der Waals surface area contributed by atoms with Crippen molar-refractivity contribution < 1.29 is 12.9 Å². The third-order valence-corrected chi connectivity index (χ3v) is 6.35. The van der Waals surface area contributed by atoms with Gasteiger partial charge in [0.25, 0.3) is 0 Å². The van der Waals surface area contributed by atoms with E-state index in [9.17, 15) is 8.42 Å². The van der Waals surface area contributed by atoms with E-state index in [4.69, 9.17) is 4.52 Å². The van der Waals surface area contributed by atoms with Gasteiger partial charge in [-0.3, -0.25) is 4.99 Å². The first kappa shape index (κ1) is 19.4. The molecule has 2 heterocycles. The van der Waals surface area contributed by atoms with Gasteiger partial charge in [-0.2, -0.15) is 4.31 Å². The van der Waals surface area contributed by atoms with Gasteiger partial charge in [0.2, 0.25) is 10.0 Å². The Hall–Kier alpha value is -2.39. The van der Waals surface area contributed by atoms with E-state index < -0.39 is 10.0 Å². The Labute approximate surface area is 159 Å². The minimum absolute atomic E-state index is 0.135. The van der Waals surface area contributed by atoms with Crippen LogP contribution in [-0.4, -0.2) is 62.0 Å². The first-order valence-electron chi connectivity index (χ1n) is 8.86. The molecule has 1 aliphatic rings. The van der Waals surface area contributed by atoms with Crippen molar-refractivity contribution >= 4 is 16.0 Å². The normalized spacial score (nSPS) is 16.5. The van der Waals surface area contributed by atoms with E-state index in [0.717, 1.165) is 5.96 Å². The quantitative estimate of drug-likeness (QED) is 0.608. The highest BCUT2D eigenvalue weighted by molar-refractivity contribution is 7.88. The van der Waals surface area contributed by atoms with Gasteiger partial charge in [0, 0.05) is 45.8 Å². The summed E-state index contributed by atoms with van der Waals surface area (Å²) in [4.78, 5) is 6.41. The number of aryl methyl sites for hydroxylation is 1. The maximum atomic E-state index is 12.5. The highest BCUT2D eigenvalue weighted by Crippen LogP contribution is 2.13. The van der Waals surface area contributed by atoms with Gasteiger partial charge in [-0.1, -0.05) is 35.0 Å². The predicted molar refractivity (Wildman–Crippen MR) is 104 cm³/mol. The Balaban J connectivity index is 1.53. The second-order valence-electron chi connectivity index (χ2n) is 6.52. The molecule has 0 radical (unpaired) electrons. The van der Waals surface area contributed by atoms with Crippen LogP contribution in [0.3, 0.4) is 0 Å². The van der Waals surface area contributed by atoms with E-state index in [-0.39, 0.29) is 5.75 Å². The number of piperazine rings is 1. The van der Waals surface area contributed by atoms with Crippen molar-refractivity contribution in [1.29, 1.82) is 0 Å². The van der Waals surface area contributed by atoms with Crippen LogP contribution in [0, 0.1) is 6.92 Å². The van der Waals surface area contributed by atoms with Gasteiger partial charge in [-0.25, -0.2) is 8.42 Å².